The molecular weight excluding hydrogens is 242 g/mol. The third kappa shape index (κ3) is 1.41. The van der Waals surface area contributed by atoms with E-state index in [0.29, 0.717) is 5.13 Å². The van der Waals surface area contributed by atoms with Gasteiger partial charge in [-0.2, -0.15) is 0 Å². The van der Waals surface area contributed by atoms with E-state index in [1.165, 1.54) is 15.1 Å². The summed E-state index contributed by atoms with van der Waals surface area (Å²) in [5.74, 6) is 0.148. The molecule has 0 bridgehead atoms. The highest BCUT2D eigenvalue weighted by Crippen LogP contribution is 2.39. The number of anilines is 1. The third-order valence-corrected chi connectivity index (χ3v) is 5.04. The van der Waals surface area contributed by atoms with Gasteiger partial charge in [0.15, 0.2) is 5.13 Å². The molecule has 0 atom stereocenters. The largest absolute Gasteiger partial charge is 0.375 e. The predicted molar refractivity (Wildman–Crippen MR) is 66.7 cm³/mol. The van der Waals surface area contributed by atoms with E-state index in [4.69, 9.17) is 5.73 Å². The Hall–Kier alpha value is -1.14. The SMILES string of the molecule is CC(=O)N1CCc2c(sc3nc(N)sc23)C1. The molecule has 4 nitrogen and oxygen atoms in total. The van der Waals surface area contributed by atoms with Gasteiger partial charge in [0.1, 0.15) is 4.83 Å². The minimum atomic E-state index is 0.148. The minimum absolute atomic E-state index is 0.148. The summed E-state index contributed by atoms with van der Waals surface area (Å²) in [5.41, 5.74) is 7.05. The molecule has 2 aromatic heterocycles. The van der Waals surface area contributed by atoms with Gasteiger partial charge in [-0.1, -0.05) is 11.3 Å². The van der Waals surface area contributed by atoms with Crippen LogP contribution in [0, 0.1) is 0 Å². The minimum Gasteiger partial charge on any atom is -0.375 e. The van der Waals surface area contributed by atoms with Gasteiger partial charge in [-0.15, -0.1) is 11.3 Å². The molecule has 0 fully saturated rings. The normalized spacial score (nSPS) is 15.4. The van der Waals surface area contributed by atoms with Gasteiger partial charge in [0.05, 0.1) is 11.2 Å². The topological polar surface area (TPSA) is 59.2 Å². The molecule has 0 saturated heterocycles. The smallest absolute Gasteiger partial charge is 0.219 e. The Morgan fingerprint density at radius 3 is 3.06 bits per heavy atom. The quantitative estimate of drug-likeness (QED) is 0.779. The first-order valence-electron chi connectivity index (χ1n) is 5.07. The summed E-state index contributed by atoms with van der Waals surface area (Å²) in [6.45, 7) is 3.17. The fraction of sp³-hybridized carbons (Fsp3) is 0.400. The van der Waals surface area contributed by atoms with Crippen molar-refractivity contribution in [2.24, 2.45) is 0 Å². The van der Waals surface area contributed by atoms with E-state index in [-0.39, 0.29) is 5.91 Å². The molecule has 3 rings (SSSR count). The van der Waals surface area contributed by atoms with Crippen molar-refractivity contribution in [1.29, 1.82) is 0 Å². The summed E-state index contributed by atoms with van der Waals surface area (Å²) >= 11 is 3.22. The molecular formula is C10H11N3OS2. The molecule has 3 heterocycles. The van der Waals surface area contributed by atoms with Crippen LogP contribution in [0.4, 0.5) is 5.13 Å². The van der Waals surface area contributed by atoms with Crippen molar-refractivity contribution in [2.75, 3.05) is 12.3 Å². The second-order valence-corrected chi connectivity index (χ2v) is 6.00. The fourth-order valence-corrected chi connectivity index (χ4v) is 4.38. The Balaban J connectivity index is 2.06. The maximum Gasteiger partial charge on any atom is 0.219 e. The summed E-state index contributed by atoms with van der Waals surface area (Å²) in [5, 5.41) is 0.637. The van der Waals surface area contributed by atoms with Crippen LogP contribution in [0.5, 0.6) is 0 Å². The van der Waals surface area contributed by atoms with E-state index >= 15 is 0 Å². The number of fused-ring (bicyclic) bond motifs is 3. The van der Waals surface area contributed by atoms with Gasteiger partial charge in [-0.3, -0.25) is 4.79 Å². The van der Waals surface area contributed by atoms with Gasteiger partial charge in [-0.05, 0) is 12.0 Å². The molecule has 0 unspecified atom stereocenters. The zero-order chi connectivity index (χ0) is 11.3. The van der Waals surface area contributed by atoms with E-state index < -0.39 is 0 Å². The van der Waals surface area contributed by atoms with Crippen LogP contribution in [0.15, 0.2) is 0 Å². The van der Waals surface area contributed by atoms with Crippen molar-refractivity contribution in [3.05, 3.63) is 10.4 Å². The van der Waals surface area contributed by atoms with Crippen LogP contribution in [0.25, 0.3) is 9.53 Å². The van der Waals surface area contributed by atoms with Crippen LogP contribution in [0.3, 0.4) is 0 Å². The number of carbonyl (C=O) groups excluding carboxylic acids is 1. The number of rotatable bonds is 0. The maximum atomic E-state index is 11.3. The molecule has 1 aliphatic heterocycles. The van der Waals surface area contributed by atoms with Gasteiger partial charge >= 0.3 is 0 Å². The summed E-state index contributed by atoms with van der Waals surface area (Å²) in [7, 11) is 0. The van der Waals surface area contributed by atoms with Crippen LogP contribution in [0.2, 0.25) is 0 Å². The highest BCUT2D eigenvalue weighted by molar-refractivity contribution is 7.29. The lowest BCUT2D eigenvalue weighted by Crippen LogP contribution is -2.33. The van der Waals surface area contributed by atoms with Crippen molar-refractivity contribution >= 4 is 43.2 Å². The maximum absolute atomic E-state index is 11.3. The Labute approximate surface area is 101 Å². The zero-order valence-corrected chi connectivity index (χ0v) is 10.5. The van der Waals surface area contributed by atoms with Crippen molar-refractivity contribution in [1.82, 2.24) is 9.88 Å². The van der Waals surface area contributed by atoms with Gasteiger partial charge in [0.2, 0.25) is 5.91 Å². The molecule has 84 valence electrons. The lowest BCUT2D eigenvalue weighted by molar-refractivity contribution is -0.129. The Morgan fingerprint density at radius 2 is 2.31 bits per heavy atom. The summed E-state index contributed by atoms with van der Waals surface area (Å²) in [4.78, 5) is 19.8. The van der Waals surface area contributed by atoms with E-state index in [0.717, 1.165) is 24.3 Å². The van der Waals surface area contributed by atoms with E-state index in [1.807, 2.05) is 4.90 Å². The van der Waals surface area contributed by atoms with Crippen LogP contribution in [0.1, 0.15) is 17.4 Å². The summed E-state index contributed by atoms with van der Waals surface area (Å²) < 4.78 is 1.22. The average molecular weight is 253 g/mol. The first-order chi connectivity index (χ1) is 7.65. The van der Waals surface area contributed by atoms with E-state index in [2.05, 4.69) is 4.98 Å². The Bertz CT molecular complexity index is 572. The highest BCUT2D eigenvalue weighted by atomic mass is 32.1. The van der Waals surface area contributed by atoms with Crippen LogP contribution in [-0.4, -0.2) is 22.3 Å². The van der Waals surface area contributed by atoms with Gasteiger partial charge in [0, 0.05) is 18.3 Å². The number of nitrogen functional groups attached to an aromatic ring is 1. The van der Waals surface area contributed by atoms with Gasteiger partial charge < -0.3 is 10.6 Å². The van der Waals surface area contributed by atoms with Crippen molar-refractivity contribution in [3.63, 3.8) is 0 Å². The number of thiazole rings is 1. The van der Waals surface area contributed by atoms with Crippen LogP contribution < -0.4 is 5.73 Å². The van der Waals surface area contributed by atoms with Crippen molar-refractivity contribution in [2.45, 2.75) is 19.9 Å². The van der Waals surface area contributed by atoms with Crippen LogP contribution in [-0.2, 0) is 17.8 Å². The van der Waals surface area contributed by atoms with Gasteiger partial charge in [-0.25, -0.2) is 4.98 Å². The molecule has 0 aliphatic carbocycles. The number of aromatic nitrogens is 1. The number of hydrogen-bond acceptors (Lipinski definition) is 5. The van der Waals surface area contributed by atoms with Crippen molar-refractivity contribution in [3.8, 4) is 0 Å². The molecule has 6 heteroatoms. The predicted octanol–water partition coefficient (Wildman–Crippen LogP) is 1.84. The monoisotopic (exact) mass is 253 g/mol. The average Bonchev–Trinajstić information content (AvgIpc) is 2.72. The molecule has 2 N–H and O–H groups in total. The molecule has 0 spiro atoms. The second-order valence-electron chi connectivity index (χ2n) is 3.88. The number of amides is 1. The lowest BCUT2D eigenvalue weighted by atomic mass is 10.1. The first-order valence-corrected chi connectivity index (χ1v) is 6.70. The lowest BCUT2D eigenvalue weighted by Gasteiger charge is -2.25. The number of nitrogens with two attached hydrogens (primary N) is 1. The van der Waals surface area contributed by atoms with Crippen LogP contribution >= 0.6 is 22.7 Å². The summed E-state index contributed by atoms with van der Waals surface area (Å²) in [6.07, 6.45) is 0.927. The first kappa shape index (κ1) is 10.0. The molecule has 0 saturated carbocycles. The number of hydrogen-bond donors (Lipinski definition) is 1. The van der Waals surface area contributed by atoms with E-state index in [9.17, 15) is 4.79 Å². The summed E-state index contributed by atoms with van der Waals surface area (Å²) in [6, 6.07) is 0. The number of thiophene rings is 1. The van der Waals surface area contributed by atoms with E-state index in [1.54, 1.807) is 29.6 Å². The van der Waals surface area contributed by atoms with Gasteiger partial charge in [0.25, 0.3) is 0 Å². The molecule has 0 radical (unpaired) electrons. The molecule has 1 aliphatic rings. The molecule has 16 heavy (non-hydrogen) atoms. The fourth-order valence-electron chi connectivity index (χ4n) is 2.04. The highest BCUT2D eigenvalue weighted by Gasteiger charge is 2.23. The molecule has 2 aromatic rings. The van der Waals surface area contributed by atoms with Crippen molar-refractivity contribution < 1.29 is 4.79 Å². The second kappa shape index (κ2) is 3.43. The Kier molecular flexibility index (Phi) is 2.15. The Morgan fingerprint density at radius 1 is 1.50 bits per heavy atom. The standard InChI is InChI=1S/C10H11N3OS2/c1-5(14)13-3-2-6-7(4-13)15-9-8(6)16-10(11)12-9/h2-4H2,1H3,(H2,11,12). The zero-order valence-electron chi connectivity index (χ0n) is 8.82. The molecule has 1 amide bonds. The molecule has 0 aromatic carbocycles. The number of nitrogens with zero attached hydrogens (tertiary/aromatic N) is 2. The third-order valence-electron chi connectivity index (χ3n) is 2.85. The number of carbonyl (C=O) groups is 1.